The smallest absolute Gasteiger partial charge is 0.123 e. The topological polar surface area (TPSA) is 17.1 Å². The van der Waals surface area contributed by atoms with Crippen LogP contribution in [0.2, 0.25) is 0 Å². The van der Waals surface area contributed by atoms with Crippen LogP contribution in [-0.2, 0) is 4.79 Å². The summed E-state index contributed by atoms with van der Waals surface area (Å²) in [4.78, 5) is 11.0. The van der Waals surface area contributed by atoms with Crippen molar-refractivity contribution in [1.82, 2.24) is 0 Å². The summed E-state index contributed by atoms with van der Waals surface area (Å²) in [6.45, 7) is 2.34. The van der Waals surface area contributed by atoms with Crippen molar-refractivity contribution >= 4 is 6.29 Å². The summed E-state index contributed by atoms with van der Waals surface area (Å²) in [5.41, 5.74) is 0. The van der Waals surface area contributed by atoms with E-state index in [-0.39, 0.29) is 0 Å². The zero-order chi connectivity index (χ0) is 13.2. The lowest BCUT2D eigenvalue weighted by Crippen LogP contribution is -2.41. The third kappa shape index (κ3) is 2.76. The fourth-order valence-corrected chi connectivity index (χ4v) is 5.72. The summed E-state index contributed by atoms with van der Waals surface area (Å²) in [7, 11) is 0. The second-order valence-corrected chi connectivity index (χ2v) is 7.60. The highest BCUT2D eigenvalue weighted by atomic mass is 16.1. The molecule has 3 fully saturated rings. The standard InChI is InChI=1S/C18H30O/c1-2-3-13-4-8-17-15(10-13)6-7-16-11-14(12-19)5-9-18(16)17/h12-18H,2-11H2,1H3. The average molecular weight is 262 g/mol. The summed E-state index contributed by atoms with van der Waals surface area (Å²) >= 11 is 0. The number of fused-ring (bicyclic) bond motifs is 3. The number of rotatable bonds is 3. The van der Waals surface area contributed by atoms with Crippen LogP contribution in [0.15, 0.2) is 0 Å². The van der Waals surface area contributed by atoms with Gasteiger partial charge in [-0.05, 0) is 74.5 Å². The van der Waals surface area contributed by atoms with Crippen molar-refractivity contribution < 1.29 is 4.79 Å². The van der Waals surface area contributed by atoms with Crippen molar-refractivity contribution in [1.29, 1.82) is 0 Å². The molecule has 0 bridgehead atoms. The molecule has 0 aromatic heterocycles. The van der Waals surface area contributed by atoms with E-state index in [2.05, 4.69) is 6.92 Å². The first kappa shape index (κ1) is 13.6. The van der Waals surface area contributed by atoms with Gasteiger partial charge in [0.25, 0.3) is 0 Å². The van der Waals surface area contributed by atoms with E-state index >= 15 is 0 Å². The predicted molar refractivity (Wildman–Crippen MR) is 78.8 cm³/mol. The van der Waals surface area contributed by atoms with Crippen LogP contribution in [0.4, 0.5) is 0 Å². The van der Waals surface area contributed by atoms with Gasteiger partial charge in [0.05, 0.1) is 0 Å². The predicted octanol–water partition coefficient (Wildman–Crippen LogP) is 4.84. The van der Waals surface area contributed by atoms with Crippen LogP contribution in [0.25, 0.3) is 0 Å². The molecule has 6 unspecified atom stereocenters. The van der Waals surface area contributed by atoms with E-state index in [0.29, 0.717) is 5.92 Å². The Kier molecular flexibility index (Phi) is 4.29. The molecule has 3 aliphatic rings. The highest BCUT2D eigenvalue weighted by Gasteiger charge is 2.44. The number of carbonyl (C=O) groups excluding carboxylic acids is 1. The molecule has 1 nitrogen and oxygen atoms in total. The molecule has 0 heterocycles. The van der Waals surface area contributed by atoms with E-state index in [1.807, 2.05) is 0 Å². The van der Waals surface area contributed by atoms with Crippen LogP contribution in [0, 0.1) is 35.5 Å². The molecule has 0 aliphatic heterocycles. The zero-order valence-corrected chi connectivity index (χ0v) is 12.5. The number of aldehydes is 1. The van der Waals surface area contributed by atoms with E-state index in [1.165, 1.54) is 70.5 Å². The lowest BCUT2D eigenvalue weighted by molar-refractivity contribution is -0.114. The van der Waals surface area contributed by atoms with Gasteiger partial charge in [-0.25, -0.2) is 0 Å². The first-order valence-corrected chi connectivity index (χ1v) is 8.77. The third-order valence-electron chi connectivity index (χ3n) is 6.58. The maximum atomic E-state index is 11.0. The molecule has 0 aromatic rings. The Bertz CT molecular complexity index is 311. The summed E-state index contributed by atoms with van der Waals surface area (Å²) in [6.07, 6.45) is 15.2. The molecule has 1 heteroatoms. The van der Waals surface area contributed by atoms with E-state index in [9.17, 15) is 4.79 Å². The molecular weight excluding hydrogens is 232 g/mol. The molecule has 3 aliphatic carbocycles. The van der Waals surface area contributed by atoms with Gasteiger partial charge in [-0.1, -0.05) is 26.2 Å². The quantitative estimate of drug-likeness (QED) is 0.665. The van der Waals surface area contributed by atoms with Gasteiger partial charge in [0, 0.05) is 5.92 Å². The van der Waals surface area contributed by atoms with E-state index in [4.69, 9.17) is 0 Å². The molecule has 0 N–H and O–H groups in total. The molecule has 0 spiro atoms. The summed E-state index contributed by atoms with van der Waals surface area (Å²) in [5, 5.41) is 0. The Hall–Kier alpha value is -0.330. The first-order valence-electron chi connectivity index (χ1n) is 8.77. The maximum Gasteiger partial charge on any atom is 0.123 e. The van der Waals surface area contributed by atoms with Gasteiger partial charge in [-0.3, -0.25) is 0 Å². The Morgan fingerprint density at radius 1 is 0.895 bits per heavy atom. The molecule has 108 valence electrons. The second-order valence-electron chi connectivity index (χ2n) is 7.60. The minimum atomic E-state index is 0.397. The van der Waals surface area contributed by atoms with Crippen LogP contribution < -0.4 is 0 Å². The lowest BCUT2D eigenvalue weighted by atomic mass is 9.55. The fourth-order valence-electron chi connectivity index (χ4n) is 5.72. The van der Waals surface area contributed by atoms with Crippen molar-refractivity contribution in [3.63, 3.8) is 0 Å². The molecule has 6 atom stereocenters. The van der Waals surface area contributed by atoms with Crippen LogP contribution in [-0.4, -0.2) is 6.29 Å². The van der Waals surface area contributed by atoms with Gasteiger partial charge < -0.3 is 4.79 Å². The van der Waals surface area contributed by atoms with E-state index in [1.54, 1.807) is 0 Å². The number of carbonyl (C=O) groups is 1. The maximum absolute atomic E-state index is 11.0. The minimum Gasteiger partial charge on any atom is -0.303 e. The van der Waals surface area contributed by atoms with E-state index in [0.717, 1.165) is 29.6 Å². The second kappa shape index (κ2) is 5.97. The minimum absolute atomic E-state index is 0.397. The number of hydrogen-bond donors (Lipinski definition) is 0. The number of hydrogen-bond acceptors (Lipinski definition) is 1. The Labute approximate surface area is 118 Å². The van der Waals surface area contributed by atoms with Crippen LogP contribution in [0.3, 0.4) is 0 Å². The van der Waals surface area contributed by atoms with Gasteiger partial charge in [0.15, 0.2) is 0 Å². The summed E-state index contributed by atoms with van der Waals surface area (Å²) in [6, 6.07) is 0. The van der Waals surface area contributed by atoms with Gasteiger partial charge in [-0.15, -0.1) is 0 Å². The van der Waals surface area contributed by atoms with Crippen molar-refractivity contribution in [3.8, 4) is 0 Å². The van der Waals surface area contributed by atoms with Crippen LogP contribution in [0.1, 0.15) is 71.1 Å². The summed E-state index contributed by atoms with van der Waals surface area (Å²) in [5.74, 6) is 5.38. The normalized spacial score (nSPS) is 46.2. The van der Waals surface area contributed by atoms with Crippen LogP contribution in [0.5, 0.6) is 0 Å². The largest absolute Gasteiger partial charge is 0.303 e. The first-order chi connectivity index (χ1) is 9.31. The summed E-state index contributed by atoms with van der Waals surface area (Å²) < 4.78 is 0. The Morgan fingerprint density at radius 2 is 1.58 bits per heavy atom. The van der Waals surface area contributed by atoms with Gasteiger partial charge >= 0.3 is 0 Å². The highest BCUT2D eigenvalue weighted by Crippen LogP contribution is 2.53. The van der Waals surface area contributed by atoms with Crippen molar-refractivity contribution in [2.24, 2.45) is 35.5 Å². The lowest BCUT2D eigenvalue weighted by Gasteiger charge is -2.50. The monoisotopic (exact) mass is 262 g/mol. The average Bonchev–Trinajstić information content (AvgIpc) is 2.46. The molecular formula is C18H30O. The third-order valence-corrected chi connectivity index (χ3v) is 6.58. The zero-order valence-electron chi connectivity index (χ0n) is 12.5. The Morgan fingerprint density at radius 3 is 2.26 bits per heavy atom. The van der Waals surface area contributed by atoms with Crippen molar-refractivity contribution in [2.75, 3.05) is 0 Å². The van der Waals surface area contributed by atoms with Crippen molar-refractivity contribution in [3.05, 3.63) is 0 Å². The molecule has 3 rings (SSSR count). The molecule has 0 radical (unpaired) electrons. The molecule has 0 saturated heterocycles. The van der Waals surface area contributed by atoms with Gasteiger partial charge in [0.2, 0.25) is 0 Å². The van der Waals surface area contributed by atoms with Crippen molar-refractivity contribution in [2.45, 2.75) is 71.1 Å². The highest BCUT2D eigenvalue weighted by molar-refractivity contribution is 5.53. The van der Waals surface area contributed by atoms with Crippen LogP contribution >= 0.6 is 0 Å². The Balaban J connectivity index is 1.62. The molecule has 0 aromatic carbocycles. The molecule has 0 amide bonds. The van der Waals surface area contributed by atoms with Gasteiger partial charge in [0.1, 0.15) is 6.29 Å². The van der Waals surface area contributed by atoms with E-state index < -0.39 is 0 Å². The molecule has 19 heavy (non-hydrogen) atoms. The van der Waals surface area contributed by atoms with Gasteiger partial charge in [-0.2, -0.15) is 0 Å². The SMILES string of the molecule is CCCC1CCC2C(CCC3CC(C=O)CCC32)C1. The fraction of sp³-hybridized carbons (Fsp3) is 0.944. The molecule has 3 saturated carbocycles.